The molecule has 0 radical (unpaired) electrons. The van der Waals surface area contributed by atoms with Gasteiger partial charge in [-0.1, -0.05) is 20.8 Å². The first-order valence-electron chi connectivity index (χ1n) is 7.19. The van der Waals surface area contributed by atoms with Crippen LogP contribution in [0.15, 0.2) is 11.5 Å². The van der Waals surface area contributed by atoms with Gasteiger partial charge in [-0.25, -0.2) is 18.2 Å². The molecule has 1 aromatic rings. The van der Waals surface area contributed by atoms with Crippen LogP contribution in [0, 0.1) is 0 Å². The quantitative estimate of drug-likeness (QED) is 0.657. The Morgan fingerprint density at radius 2 is 1.91 bits per heavy atom. The molecule has 126 valence electrons. The smallest absolute Gasteiger partial charge is 0.322 e. The van der Waals surface area contributed by atoms with Gasteiger partial charge in [0, 0.05) is 32.1 Å². The van der Waals surface area contributed by atoms with E-state index in [1.165, 1.54) is 9.21 Å². The number of carbonyl (C=O) groups excluding carboxylic acids is 1. The number of hydrogen-bond donors (Lipinski definition) is 0. The summed E-state index contributed by atoms with van der Waals surface area (Å²) >= 11 is 5.68. The van der Waals surface area contributed by atoms with Gasteiger partial charge in [-0.2, -0.15) is 8.99 Å². The Balaban J connectivity index is 3.02. The predicted octanol–water partition coefficient (Wildman–Crippen LogP) is 1.23. The standard InChI is InChI=1S/C12H22ClN5O3S/c1-4-8-16(9-7-13)12(19)18-10-14-11(15-18)22(20,21)17(5-2)6-3/h10H,4-9H2,1-3H3. The molecule has 0 fully saturated rings. The van der Waals surface area contributed by atoms with Crippen LogP contribution >= 0.6 is 11.6 Å². The normalized spacial score (nSPS) is 11.9. The Morgan fingerprint density at radius 3 is 2.41 bits per heavy atom. The van der Waals surface area contributed by atoms with Crippen molar-refractivity contribution in [2.75, 3.05) is 32.1 Å². The summed E-state index contributed by atoms with van der Waals surface area (Å²) in [5.74, 6) is 0.297. The largest absolute Gasteiger partial charge is 0.346 e. The second-order valence-corrected chi connectivity index (χ2v) is 6.73. The van der Waals surface area contributed by atoms with Gasteiger partial charge in [0.05, 0.1) is 0 Å². The Bertz CT molecular complexity index is 579. The monoisotopic (exact) mass is 351 g/mol. The van der Waals surface area contributed by atoms with E-state index in [-0.39, 0.29) is 5.16 Å². The Labute approximate surface area is 136 Å². The van der Waals surface area contributed by atoms with Gasteiger partial charge in [0.15, 0.2) is 0 Å². The third-order valence-electron chi connectivity index (χ3n) is 3.06. The van der Waals surface area contributed by atoms with E-state index in [9.17, 15) is 13.2 Å². The summed E-state index contributed by atoms with van der Waals surface area (Å²) in [5, 5.41) is 3.46. The molecule has 1 rings (SSSR count). The van der Waals surface area contributed by atoms with Crippen LogP contribution in [0.4, 0.5) is 4.79 Å². The zero-order chi connectivity index (χ0) is 16.8. The molecule has 1 amide bonds. The van der Waals surface area contributed by atoms with Crippen LogP contribution in [-0.4, -0.2) is 70.5 Å². The summed E-state index contributed by atoms with van der Waals surface area (Å²) in [6, 6.07) is -0.434. The average Bonchev–Trinajstić information content (AvgIpc) is 2.98. The van der Waals surface area contributed by atoms with Gasteiger partial charge in [0.2, 0.25) is 0 Å². The minimum Gasteiger partial charge on any atom is -0.322 e. The van der Waals surface area contributed by atoms with Crippen LogP contribution in [0.5, 0.6) is 0 Å². The van der Waals surface area contributed by atoms with Crippen molar-refractivity contribution in [1.82, 2.24) is 24.0 Å². The third-order valence-corrected chi connectivity index (χ3v) is 5.08. The lowest BCUT2D eigenvalue weighted by molar-refractivity contribution is 0.199. The Hall–Kier alpha value is -1.19. The second-order valence-electron chi connectivity index (χ2n) is 4.52. The molecule has 1 heterocycles. The fourth-order valence-corrected chi connectivity index (χ4v) is 3.44. The molecule has 0 N–H and O–H groups in total. The van der Waals surface area contributed by atoms with Crippen molar-refractivity contribution in [3.8, 4) is 0 Å². The van der Waals surface area contributed by atoms with Gasteiger partial charge >= 0.3 is 6.03 Å². The summed E-state index contributed by atoms with van der Waals surface area (Å²) < 4.78 is 26.8. The molecule has 10 heteroatoms. The molecular formula is C12H22ClN5O3S. The van der Waals surface area contributed by atoms with Crippen molar-refractivity contribution in [1.29, 1.82) is 0 Å². The molecule has 22 heavy (non-hydrogen) atoms. The molecule has 0 atom stereocenters. The van der Waals surface area contributed by atoms with E-state index < -0.39 is 16.1 Å². The highest BCUT2D eigenvalue weighted by molar-refractivity contribution is 7.88. The maximum atomic E-state index is 12.3. The van der Waals surface area contributed by atoms with Crippen LogP contribution in [0.25, 0.3) is 0 Å². The van der Waals surface area contributed by atoms with E-state index >= 15 is 0 Å². The number of hydrogen-bond acceptors (Lipinski definition) is 5. The van der Waals surface area contributed by atoms with Crippen LogP contribution in [0.1, 0.15) is 27.2 Å². The molecule has 0 aliphatic rings. The fraction of sp³-hybridized carbons (Fsp3) is 0.750. The highest BCUT2D eigenvalue weighted by Crippen LogP contribution is 2.10. The SMILES string of the molecule is CCCN(CCCl)C(=O)n1cnc(S(=O)(=O)N(CC)CC)n1. The maximum Gasteiger partial charge on any atom is 0.346 e. The zero-order valence-corrected chi connectivity index (χ0v) is 14.6. The molecule has 0 aromatic carbocycles. The molecule has 0 aliphatic heterocycles. The molecule has 0 unspecified atom stereocenters. The lowest BCUT2D eigenvalue weighted by atomic mass is 10.4. The van der Waals surface area contributed by atoms with E-state index in [1.807, 2.05) is 6.92 Å². The molecule has 0 spiro atoms. The van der Waals surface area contributed by atoms with Crippen LogP contribution in [0.2, 0.25) is 0 Å². The van der Waals surface area contributed by atoms with Gasteiger partial charge in [-0.15, -0.1) is 16.7 Å². The average molecular weight is 352 g/mol. The molecule has 1 aromatic heterocycles. The third kappa shape index (κ3) is 4.17. The van der Waals surface area contributed by atoms with E-state index in [4.69, 9.17) is 11.6 Å². The molecule has 0 saturated heterocycles. The highest BCUT2D eigenvalue weighted by Gasteiger charge is 2.27. The number of rotatable bonds is 8. The topological polar surface area (TPSA) is 88.4 Å². The van der Waals surface area contributed by atoms with Crippen LogP contribution in [0.3, 0.4) is 0 Å². The van der Waals surface area contributed by atoms with Gasteiger partial charge in [0.1, 0.15) is 6.33 Å². The van der Waals surface area contributed by atoms with Gasteiger partial charge in [-0.3, -0.25) is 0 Å². The molecular weight excluding hydrogens is 330 g/mol. The van der Waals surface area contributed by atoms with Crippen molar-refractivity contribution in [2.45, 2.75) is 32.3 Å². The molecule has 8 nitrogen and oxygen atoms in total. The molecule has 0 bridgehead atoms. The summed E-state index contributed by atoms with van der Waals surface area (Å²) in [6.07, 6.45) is 1.89. The number of halogens is 1. The van der Waals surface area contributed by atoms with E-state index in [0.29, 0.717) is 32.1 Å². The van der Waals surface area contributed by atoms with Crippen LogP contribution < -0.4 is 0 Å². The predicted molar refractivity (Wildman–Crippen MR) is 83.5 cm³/mol. The number of alkyl halides is 1. The molecule has 0 aliphatic carbocycles. The minimum absolute atomic E-state index is 0.297. The van der Waals surface area contributed by atoms with Crippen molar-refractivity contribution in [3.05, 3.63) is 6.33 Å². The van der Waals surface area contributed by atoms with Gasteiger partial charge < -0.3 is 4.90 Å². The lowest BCUT2D eigenvalue weighted by Crippen LogP contribution is -2.37. The van der Waals surface area contributed by atoms with Gasteiger partial charge in [-0.05, 0) is 6.42 Å². The summed E-state index contributed by atoms with van der Waals surface area (Å²) in [6.45, 7) is 6.91. The van der Waals surface area contributed by atoms with Crippen LogP contribution in [-0.2, 0) is 10.0 Å². The van der Waals surface area contributed by atoms with Crippen molar-refractivity contribution in [2.24, 2.45) is 0 Å². The number of aromatic nitrogens is 3. The summed E-state index contributed by atoms with van der Waals surface area (Å²) in [4.78, 5) is 17.6. The van der Waals surface area contributed by atoms with Crippen molar-refractivity contribution < 1.29 is 13.2 Å². The Kier molecular flexibility index (Phi) is 7.24. The van der Waals surface area contributed by atoms with Gasteiger partial charge in [0.25, 0.3) is 15.2 Å². The highest BCUT2D eigenvalue weighted by atomic mass is 35.5. The zero-order valence-electron chi connectivity index (χ0n) is 13.1. The maximum absolute atomic E-state index is 12.3. The number of carbonyl (C=O) groups is 1. The number of nitrogens with zero attached hydrogens (tertiary/aromatic N) is 5. The van der Waals surface area contributed by atoms with Crippen molar-refractivity contribution >= 4 is 27.7 Å². The minimum atomic E-state index is -3.77. The molecule has 0 saturated carbocycles. The number of amides is 1. The first kappa shape index (κ1) is 18.9. The second kappa shape index (κ2) is 8.44. The summed E-state index contributed by atoms with van der Waals surface area (Å²) in [7, 11) is -3.77. The van der Waals surface area contributed by atoms with E-state index in [2.05, 4.69) is 10.1 Å². The first-order valence-corrected chi connectivity index (χ1v) is 9.16. The summed E-state index contributed by atoms with van der Waals surface area (Å²) in [5.41, 5.74) is 0. The first-order chi connectivity index (χ1) is 10.4. The lowest BCUT2D eigenvalue weighted by Gasteiger charge is -2.20. The van der Waals surface area contributed by atoms with E-state index in [0.717, 1.165) is 17.4 Å². The number of sulfonamides is 1. The Morgan fingerprint density at radius 1 is 1.27 bits per heavy atom. The van der Waals surface area contributed by atoms with Crippen molar-refractivity contribution in [3.63, 3.8) is 0 Å². The fourth-order valence-electron chi connectivity index (χ4n) is 1.96. The van der Waals surface area contributed by atoms with E-state index in [1.54, 1.807) is 13.8 Å².